The van der Waals surface area contributed by atoms with Crippen LogP contribution in [0.15, 0.2) is 42.5 Å². The molecule has 0 aliphatic carbocycles. The molecule has 5 nitrogen and oxygen atoms in total. The first-order valence-corrected chi connectivity index (χ1v) is 7.39. The molecular weight excluding hydrogens is 302 g/mol. The van der Waals surface area contributed by atoms with Gasteiger partial charge in [0.2, 0.25) is 0 Å². The second-order valence-electron chi connectivity index (χ2n) is 5.27. The third kappa shape index (κ3) is 3.31. The summed E-state index contributed by atoms with van der Waals surface area (Å²) in [5.41, 5.74) is 1.42. The van der Waals surface area contributed by atoms with Crippen LogP contribution in [0.4, 0.5) is 0 Å². The fourth-order valence-electron chi connectivity index (χ4n) is 2.35. The molecule has 0 spiro atoms. The fourth-order valence-corrected chi connectivity index (χ4v) is 2.53. The lowest BCUT2D eigenvalue weighted by Gasteiger charge is -2.20. The summed E-state index contributed by atoms with van der Waals surface area (Å²) in [4.78, 5) is 16.3. The zero-order chi connectivity index (χ0) is 15.5. The molecule has 0 bridgehead atoms. The normalized spacial score (nSPS) is 14.5. The van der Waals surface area contributed by atoms with E-state index < -0.39 is 0 Å². The van der Waals surface area contributed by atoms with Gasteiger partial charge in [0, 0.05) is 35.6 Å². The average molecular weight is 318 g/mol. The molecule has 1 aromatic carbocycles. The molecule has 2 aromatic rings. The number of nitrogens with zero attached hydrogens (tertiary/aromatic N) is 2. The second-order valence-corrected chi connectivity index (χ2v) is 5.71. The van der Waals surface area contributed by atoms with E-state index >= 15 is 0 Å². The summed E-state index contributed by atoms with van der Waals surface area (Å²) in [5.74, 6) is 0.616. The average Bonchev–Trinajstić information content (AvgIpc) is 2.99. The third-order valence-corrected chi connectivity index (χ3v) is 3.63. The SMILES string of the molecule is C[C@@H](Cn1ccnc1)NC(=O)C1=Cc2cc(Cl)ccc2OC1. The van der Waals surface area contributed by atoms with Gasteiger partial charge in [0.15, 0.2) is 0 Å². The van der Waals surface area contributed by atoms with Crippen molar-refractivity contribution in [2.24, 2.45) is 0 Å². The molecule has 1 atom stereocenters. The molecule has 1 aliphatic rings. The van der Waals surface area contributed by atoms with E-state index in [9.17, 15) is 4.79 Å². The highest BCUT2D eigenvalue weighted by Crippen LogP contribution is 2.28. The highest BCUT2D eigenvalue weighted by Gasteiger charge is 2.18. The lowest BCUT2D eigenvalue weighted by molar-refractivity contribution is -0.118. The number of carbonyl (C=O) groups is 1. The highest BCUT2D eigenvalue weighted by atomic mass is 35.5. The topological polar surface area (TPSA) is 56.2 Å². The van der Waals surface area contributed by atoms with Gasteiger partial charge in [-0.3, -0.25) is 4.79 Å². The minimum absolute atomic E-state index is 0.0108. The van der Waals surface area contributed by atoms with Crippen LogP contribution in [0.2, 0.25) is 5.02 Å². The van der Waals surface area contributed by atoms with Gasteiger partial charge in [-0.25, -0.2) is 4.98 Å². The Morgan fingerprint density at radius 1 is 1.55 bits per heavy atom. The van der Waals surface area contributed by atoms with Crippen LogP contribution < -0.4 is 10.1 Å². The molecule has 0 saturated carbocycles. The number of benzene rings is 1. The zero-order valence-corrected chi connectivity index (χ0v) is 12.9. The molecule has 6 heteroatoms. The lowest BCUT2D eigenvalue weighted by atomic mass is 10.1. The zero-order valence-electron chi connectivity index (χ0n) is 12.1. The molecular formula is C16H16ClN3O2. The summed E-state index contributed by atoms with van der Waals surface area (Å²) in [5, 5.41) is 3.58. The Labute approximate surface area is 133 Å². The smallest absolute Gasteiger partial charge is 0.250 e. The van der Waals surface area contributed by atoms with Crippen molar-refractivity contribution < 1.29 is 9.53 Å². The molecule has 0 radical (unpaired) electrons. The van der Waals surface area contributed by atoms with E-state index in [2.05, 4.69) is 10.3 Å². The molecule has 1 aliphatic heterocycles. The molecule has 0 saturated heterocycles. The molecule has 1 amide bonds. The number of carbonyl (C=O) groups excluding carboxylic acids is 1. The number of aromatic nitrogens is 2. The van der Waals surface area contributed by atoms with E-state index in [1.807, 2.05) is 29.8 Å². The Bertz CT molecular complexity index is 710. The van der Waals surface area contributed by atoms with Gasteiger partial charge in [-0.1, -0.05) is 11.6 Å². The number of hydrogen-bond donors (Lipinski definition) is 1. The maximum absolute atomic E-state index is 12.3. The van der Waals surface area contributed by atoms with E-state index in [1.54, 1.807) is 24.7 Å². The van der Waals surface area contributed by atoms with Crippen LogP contribution in [-0.4, -0.2) is 28.1 Å². The Morgan fingerprint density at radius 2 is 2.41 bits per heavy atom. The Balaban J connectivity index is 1.67. The largest absolute Gasteiger partial charge is 0.488 e. The summed E-state index contributed by atoms with van der Waals surface area (Å²) in [7, 11) is 0. The third-order valence-electron chi connectivity index (χ3n) is 3.40. The maximum Gasteiger partial charge on any atom is 0.250 e. The van der Waals surface area contributed by atoms with Crippen molar-refractivity contribution in [3.8, 4) is 5.75 Å². The Hall–Kier alpha value is -2.27. The quantitative estimate of drug-likeness (QED) is 0.942. The van der Waals surface area contributed by atoms with E-state index in [0.29, 0.717) is 17.1 Å². The summed E-state index contributed by atoms with van der Waals surface area (Å²) >= 11 is 5.97. The predicted molar refractivity (Wildman–Crippen MR) is 84.8 cm³/mol. The molecule has 1 N–H and O–H groups in total. The van der Waals surface area contributed by atoms with Gasteiger partial charge >= 0.3 is 0 Å². The van der Waals surface area contributed by atoms with Gasteiger partial charge in [0.25, 0.3) is 5.91 Å². The van der Waals surface area contributed by atoms with Gasteiger partial charge in [-0.15, -0.1) is 0 Å². The summed E-state index contributed by atoms with van der Waals surface area (Å²) in [6.45, 7) is 2.88. The molecule has 0 fully saturated rings. The van der Waals surface area contributed by atoms with Gasteiger partial charge in [0.05, 0.1) is 11.9 Å². The van der Waals surface area contributed by atoms with Crippen LogP contribution in [0.5, 0.6) is 5.75 Å². The first-order chi connectivity index (χ1) is 10.6. The van der Waals surface area contributed by atoms with E-state index in [-0.39, 0.29) is 18.6 Å². The van der Waals surface area contributed by atoms with Crippen LogP contribution in [0.3, 0.4) is 0 Å². The van der Waals surface area contributed by atoms with Crippen LogP contribution >= 0.6 is 11.6 Å². The van der Waals surface area contributed by atoms with Crippen LogP contribution in [0.25, 0.3) is 6.08 Å². The number of nitrogens with one attached hydrogen (secondary N) is 1. The number of imidazole rings is 1. The minimum atomic E-state index is -0.127. The van der Waals surface area contributed by atoms with Gasteiger partial charge < -0.3 is 14.6 Å². The maximum atomic E-state index is 12.3. The number of rotatable bonds is 4. The van der Waals surface area contributed by atoms with E-state index in [1.165, 1.54) is 0 Å². The number of amides is 1. The standard InChI is InChI=1S/C16H16ClN3O2/c1-11(8-20-5-4-18-10-20)19-16(21)13-6-12-7-14(17)2-3-15(12)22-9-13/h2-7,10-11H,8-9H2,1H3,(H,19,21)/t11-/m0/s1. The van der Waals surface area contributed by atoms with Gasteiger partial charge in [0.1, 0.15) is 12.4 Å². The molecule has 3 rings (SSSR count). The van der Waals surface area contributed by atoms with Crippen molar-refractivity contribution in [1.29, 1.82) is 0 Å². The van der Waals surface area contributed by atoms with Crippen molar-refractivity contribution in [2.45, 2.75) is 19.5 Å². The number of ether oxygens (including phenoxy) is 1. The first kappa shape index (κ1) is 14.7. The lowest BCUT2D eigenvalue weighted by Crippen LogP contribution is -2.37. The van der Waals surface area contributed by atoms with Crippen molar-refractivity contribution >= 4 is 23.6 Å². The fraction of sp³-hybridized carbons (Fsp3) is 0.250. The first-order valence-electron chi connectivity index (χ1n) is 7.01. The summed E-state index contributed by atoms with van der Waals surface area (Å²) < 4.78 is 7.52. The van der Waals surface area contributed by atoms with E-state index in [0.717, 1.165) is 11.3 Å². The van der Waals surface area contributed by atoms with Crippen molar-refractivity contribution in [3.63, 3.8) is 0 Å². The number of hydrogen-bond acceptors (Lipinski definition) is 3. The molecule has 1 aromatic heterocycles. The summed E-state index contributed by atoms with van der Waals surface area (Å²) in [6.07, 6.45) is 7.13. The van der Waals surface area contributed by atoms with Crippen LogP contribution in [0.1, 0.15) is 12.5 Å². The van der Waals surface area contributed by atoms with Crippen LogP contribution in [-0.2, 0) is 11.3 Å². The van der Waals surface area contributed by atoms with Gasteiger partial charge in [-0.05, 0) is 31.2 Å². The molecule has 22 heavy (non-hydrogen) atoms. The van der Waals surface area contributed by atoms with Gasteiger partial charge in [-0.2, -0.15) is 0 Å². The van der Waals surface area contributed by atoms with Crippen LogP contribution in [0, 0.1) is 0 Å². The number of halogens is 1. The highest BCUT2D eigenvalue weighted by molar-refractivity contribution is 6.30. The number of fused-ring (bicyclic) bond motifs is 1. The van der Waals surface area contributed by atoms with E-state index in [4.69, 9.17) is 16.3 Å². The molecule has 114 valence electrons. The molecule has 0 unspecified atom stereocenters. The monoisotopic (exact) mass is 317 g/mol. The predicted octanol–water partition coefficient (Wildman–Crippen LogP) is 2.52. The minimum Gasteiger partial charge on any atom is -0.488 e. The Kier molecular flexibility index (Phi) is 4.15. The molecule has 2 heterocycles. The second kappa shape index (κ2) is 6.23. The van der Waals surface area contributed by atoms with Crippen molar-refractivity contribution in [2.75, 3.05) is 6.61 Å². The summed E-state index contributed by atoms with van der Waals surface area (Å²) in [6, 6.07) is 5.36. The Morgan fingerprint density at radius 3 is 3.18 bits per heavy atom. The van der Waals surface area contributed by atoms with Crippen molar-refractivity contribution in [1.82, 2.24) is 14.9 Å². The van der Waals surface area contributed by atoms with Crippen molar-refractivity contribution in [3.05, 3.63) is 53.1 Å².